The van der Waals surface area contributed by atoms with Crippen LogP contribution in [0.3, 0.4) is 0 Å². The molecule has 0 saturated carbocycles. The first kappa shape index (κ1) is 16.7. The van der Waals surface area contributed by atoms with E-state index >= 15 is 0 Å². The van der Waals surface area contributed by atoms with Gasteiger partial charge < -0.3 is 25.2 Å². The van der Waals surface area contributed by atoms with Crippen molar-refractivity contribution in [1.82, 2.24) is 19.9 Å². The second-order valence-corrected chi connectivity index (χ2v) is 6.43. The summed E-state index contributed by atoms with van der Waals surface area (Å²) in [4.78, 5) is 31.1. The zero-order chi connectivity index (χ0) is 17.1. The minimum atomic E-state index is -0.998. The summed E-state index contributed by atoms with van der Waals surface area (Å²) in [5, 5.41) is 12.6. The lowest BCUT2D eigenvalue weighted by Crippen LogP contribution is -2.45. The van der Waals surface area contributed by atoms with E-state index in [1.807, 2.05) is 9.80 Å². The van der Waals surface area contributed by atoms with E-state index in [0.717, 1.165) is 38.8 Å². The molecule has 0 radical (unpaired) electrons. The molecule has 2 aliphatic heterocycles. The lowest BCUT2D eigenvalue weighted by molar-refractivity contribution is -0.137. The molecule has 132 valence electrons. The van der Waals surface area contributed by atoms with Crippen molar-refractivity contribution >= 4 is 12.0 Å². The highest BCUT2D eigenvalue weighted by Gasteiger charge is 2.31. The summed E-state index contributed by atoms with van der Waals surface area (Å²) >= 11 is 0. The summed E-state index contributed by atoms with van der Waals surface area (Å²) in [6.45, 7) is 3.04. The van der Waals surface area contributed by atoms with E-state index in [1.165, 1.54) is 0 Å². The second-order valence-electron chi connectivity index (χ2n) is 6.43. The van der Waals surface area contributed by atoms with E-state index in [-0.39, 0.29) is 24.2 Å². The van der Waals surface area contributed by atoms with Crippen LogP contribution < -0.4 is 5.73 Å². The molecule has 24 heavy (non-hydrogen) atoms. The van der Waals surface area contributed by atoms with Crippen molar-refractivity contribution in [2.24, 2.45) is 5.73 Å². The van der Waals surface area contributed by atoms with Gasteiger partial charge in [-0.1, -0.05) is 5.16 Å². The molecule has 1 aromatic heterocycles. The van der Waals surface area contributed by atoms with Gasteiger partial charge >= 0.3 is 12.0 Å². The molecule has 0 unspecified atom stereocenters. The number of amides is 2. The maximum atomic E-state index is 12.4. The molecule has 0 bridgehead atoms. The number of aliphatic carboxylic acids is 1. The summed E-state index contributed by atoms with van der Waals surface area (Å²) in [5.41, 5.74) is 5.75. The Kier molecular flexibility index (Phi) is 4.98. The Hall–Kier alpha value is -2.16. The second kappa shape index (κ2) is 7.16. The van der Waals surface area contributed by atoms with E-state index in [4.69, 9.17) is 15.4 Å². The molecular weight excluding hydrogens is 314 g/mol. The van der Waals surface area contributed by atoms with Crippen LogP contribution >= 0.6 is 0 Å². The summed E-state index contributed by atoms with van der Waals surface area (Å²) in [6, 6.07) is -0.641. The van der Waals surface area contributed by atoms with Crippen LogP contribution in [0.15, 0.2) is 4.52 Å². The first-order valence-corrected chi connectivity index (χ1v) is 8.39. The Labute approximate surface area is 139 Å². The van der Waals surface area contributed by atoms with Crippen LogP contribution in [0.25, 0.3) is 0 Å². The van der Waals surface area contributed by atoms with Crippen LogP contribution in [0.1, 0.15) is 55.8 Å². The molecule has 1 aromatic rings. The quantitative estimate of drug-likeness (QED) is 0.837. The molecule has 2 saturated heterocycles. The number of rotatable bonds is 4. The van der Waals surface area contributed by atoms with Gasteiger partial charge in [0.2, 0.25) is 5.89 Å². The standard InChI is InChI=1S/C15H23N5O4/c16-11(9-12(21)22)13-17-14(24-18-13)10-3-7-20(8-4-10)15(23)19-5-1-2-6-19/h10-11H,1-9,16H2,(H,21,22)/t11-/m0/s1. The number of carboxylic acids is 1. The van der Waals surface area contributed by atoms with Gasteiger partial charge in [0, 0.05) is 32.1 Å². The van der Waals surface area contributed by atoms with Crippen molar-refractivity contribution < 1.29 is 19.2 Å². The average Bonchev–Trinajstić information content (AvgIpc) is 3.25. The molecular formula is C15H23N5O4. The minimum Gasteiger partial charge on any atom is -0.481 e. The SMILES string of the molecule is N[C@@H](CC(=O)O)c1noc(C2CCN(C(=O)N3CCCC3)CC2)n1. The van der Waals surface area contributed by atoms with Crippen LogP contribution in [0, 0.1) is 0 Å². The monoisotopic (exact) mass is 337 g/mol. The fourth-order valence-electron chi connectivity index (χ4n) is 3.27. The predicted molar refractivity (Wildman–Crippen MR) is 83.2 cm³/mol. The Morgan fingerprint density at radius 3 is 2.46 bits per heavy atom. The molecule has 3 heterocycles. The number of carboxylic acid groups (broad SMARTS) is 1. The van der Waals surface area contributed by atoms with Crippen molar-refractivity contribution in [2.75, 3.05) is 26.2 Å². The molecule has 9 heteroatoms. The summed E-state index contributed by atoms with van der Waals surface area (Å²) in [7, 11) is 0. The van der Waals surface area contributed by atoms with Crippen molar-refractivity contribution in [3.63, 3.8) is 0 Å². The van der Waals surface area contributed by atoms with Gasteiger partial charge in [0.25, 0.3) is 0 Å². The Balaban J connectivity index is 1.54. The van der Waals surface area contributed by atoms with Gasteiger partial charge in [-0.05, 0) is 25.7 Å². The maximum absolute atomic E-state index is 12.4. The predicted octanol–water partition coefficient (Wildman–Crippen LogP) is 0.939. The summed E-state index contributed by atoms with van der Waals surface area (Å²) in [6.07, 6.45) is 3.46. The van der Waals surface area contributed by atoms with E-state index in [1.54, 1.807) is 0 Å². The van der Waals surface area contributed by atoms with E-state index in [9.17, 15) is 9.59 Å². The van der Waals surface area contributed by atoms with Crippen molar-refractivity contribution in [3.8, 4) is 0 Å². The number of carbonyl (C=O) groups is 2. The highest BCUT2D eigenvalue weighted by molar-refractivity contribution is 5.74. The molecule has 2 amide bonds. The van der Waals surface area contributed by atoms with Gasteiger partial charge in [-0.3, -0.25) is 4.79 Å². The molecule has 9 nitrogen and oxygen atoms in total. The third-order valence-corrected chi connectivity index (χ3v) is 4.67. The highest BCUT2D eigenvalue weighted by Crippen LogP contribution is 2.28. The molecule has 0 aliphatic carbocycles. The normalized spacial score (nSPS) is 20.4. The number of hydrogen-bond donors (Lipinski definition) is 2. The third kappa shape index (κ3) is 3.66. The van der Waals surface area contributed by atoms with E-state index in [0.29, 0.717) is 19.0 Å². The molecule has 2 fully saturated rings. The molecule has 3 rings (SSSR count). The van der Waals surface area contributed by atoms with Gasteiger partial charge in [0.05, 0.1) is 12.5 Å². The highest BCUT2D eigenvalue weighted by atomic mass is 16.5. The van der Waals surface area contributed by atoms with Crippen LogP contribution in [-0.2, 0) is 4.79 Å². The number of likely N-dealkylation sites (tertiary alicyclic amines) is 2. The van der Waals surface area contributed by atoms with E-state index < -0.39 is 12.0 Å². The van der Waals surface area contributed by atoms with Crippen LogP contribution in [0.2, 0.25) is 0 Å². The number of nitrogens with zero attached hydrogens (tertiary/aromatic N) is 4. The third-order valence-electron chi connectivity index (χ3n) is 4.67. The minimum absolute atomic E-state index is 0.0888. The number of aromatic nitrogens is 2. The van der Waals surface area contributed by atoms with Crippen LogP contribution in [0.5, 0.6) is 0 Å². The lowest BCUT2D eigenvalue weighted by Gasteiger charge is -2.33. The number of carbonyl (C=O) groups excluding carboxylic acids is 1. The molecule has 3 N–H and O–H groups in total. The van der Waals surface area contributed by atoms with Crippen LogP contribution in [0.4, 0.5) is 4.79 Å². The number of hydrogen-bond acceptors (Lipinski definition) is 6. The topological polar surface area (TPSA) is 126 Å². The first-order valence-electron chi connectivity index (χ1n) is 8.39. The van der Waals surface area contributed by atoms with Gasteiger partial charge in [0.1, 0.15) is 0 Å². The zero-order valence-corrected chi connectivity index (χ0v) is 13.6. The molecule has 1 atom stereocenters. The Bertz CT molecular complexity index is 590. The number of urea groups is 1. The zero-order valence-electron chi connectivity index (χ0n) is 13.6. The number of nitrogens with two attached hydrogens (primary N) is 1. The average molecular weight is 337 g/mol. The molecule has 0 spiro atoms. The smallest absolute Gasteiger partial charge is 0.319 e. The maximum Gasteiger partial charge on any atom is 0.319 e. The Morgan fingerprint density at radius 1 is 1.21 bits per heavy atom. The lowest BCUT2D eigenvalue weighted by atomic mass is 9.97. The molecule has 0 aromatic carbocycles. The first-order chi connectivity index (χ1) is 11.5. The van der Waals surface area contributed by atoms with Gasteiger partial charge in [-0.25, -0.2) is 4.79 Å². The van der Waals surface area contributed by atoms with E-state index in [2.05, 4.69) is 10.1 Å². The van der Waals surface area contributed by atoms with Crippen LogP contribution in [-0.4, -0.2) is 63.2 Å². The summed E-state index contributed by atoms with van der Waals surface area (Å²) < 4.78 is 5.25. The van der Waals surface area contributed by atoms with Crippen molar-refractivity contribution in [2.45, 2.75) is 44.1 Å². The van der Waals surface area contributed by atoms with Gasteiger partial charge in [-0.2, -0.15) is 4.98 Å². The van der Waals surface area contributed by atoms with Crippen molar-refractivity contribution in [3.05, 3.63) is 11.7 Å². The number of piperidine rings is 1. The fraction of sp³-hybridized carbons (Fsp3) is 0.733. The Morgan fingerprint density at radius 2 is 1.83 bits per heavy atom. The summed E-state index contributed by atoms with van der Waals surface area (Å²) in [5.74, 6) is -0.199. The van der Waals surface area contributed by atoms with Gasteiger partial charge in [0.15, 0.2) is 5.82 Å². The largest absolute Gasteiger partial charge is 0.481 e. The fourth-order valence-corrected chi connectivity index (χ4v) is 3.27. The van der Waals surface area contributed by atoms with Crippen molar-refractivity contribution in [1.29, 1.82) is 0 Å². The molecule has 2 aliphatic rings. The van der Waals surface area contributed by atoms with Gasteiger partial charge in [-0.15, -0.1) is 0 Å².